The number of rotatable bonds is 5. The minimum Gasteiger partial charge on any atom is -0.497 e. The number of thiophene rings is 1. The van der Waals surface area contributed by atoms with Crippen molar-refractivity contribution in [1.29, 1.82) is 0 Å². The minimum atomic E-state index is -0.242. The molecule has 1 fully saturated rings. The van der Waals surface area contributed by atoms with Gasteiger partial charge in [-0.15, -0.1) is 10.2 Å². The molecule has 27 heavy (non-hydrogen) atoms. The fourth-order valence-electron chi connectivity index (χ4n) is 3.27. The van der Waals surface area contributed by atoms with Gasteiger partial charge in [-0.25, -0.2) is 0 Å². The molecule has 0 radical (unpaired) electrons. The van der Waals surface area contributed by atoms with Gasteiger partial charge in [0.05, 0.1) is 19.8 Å². The molecule has 8 heteroatoms. The molecule has 0 saturated carbocycles. The maximum absolute atomic E-state index is 13.2. The molecule has 4 rings (SSSR count). The Labute approximate surface area is 160 Å². The zero-order valence-corrected chi connectivity index (χ0v) is 15.9. The number of amides is 1. The molecule has 0 spiro atoms. The molecule has 0 aliphatic carbocycles. The Morgan fingerprint density at radius 1 is 1.26 bits per heavy atom. The van der Waals surface area contributed by atoms with Crippen molar-refractivity contribution >= 4 is 17.2 Å². The number of carbonyl (C=O) groups excluding carboxylic acids is 1. The summed E-state index contributed by atoms with van der Waals surface area (Å²) < 4.78 is 16.5. The molecule has 3 aromatic rings. The van der Waals surface area contributed by atoms with Crippen LogP contribution in [0.5, 0.6) is 11.5 Å². The summed E-state index contributed by atoms with van der Waals surface area (Å²) >= 11 is 1.57. The van der Waals surface area contributed by atoms with Gasteiger partial charge < -0.3 is 18.8 Å². The van der Waals surface area contributed by atoms with E-state index in [0.717, 1.165) is 18.4 Å². The Morgan fingerprint density at radius 2 is 2.15 bits per heavy atom. The van der Waals surface area contributed by atoms with Crippen molar-refractivity contribution < 1.29 is 18.7 Å². The van der Waals surface area contributed by atoms with E-state index in [0.29, 0.717) is 35.4 Å². The molecule has 3 heterocycles. The van der Waals surface area contributed by atoms with Crippen LogP contribution in [0.25, 0.3) is 11.5 Å². The van der Waals surface area contributed by atoms with Gasteiger partial charge in [-0.3, -0.25) is 4.79 Å². The highest BCUT2D eigenvalue weighted by Crippen LogP contribution is 2.36. The lowest BCUT2D eigenvalue weighted by Crippen LogP contribution is -2.31. The maximum Gasteiger partial charge on any atom is 0.258 e. The number of hydrogen-bond acceptors (Lipinski definition) is 7. The highest BCUT2D eigenvalue weighted by molar-refractivity contribution is 7.08. The summed E-state index contributed by atoms with van der Waals surface area (Å²) in [5.74, 6) is 1.92. The van der Waals surface area contributed by atoms with E-state index in [9.17, 15) is 4.79 Å². The smallest absolute Gasteiger partial charge is 0.258 e. The summed E-state index contributed by atoms with van der Waals surface area (Å²) in [5, 5.41) is 12.2. The molecule has 1 aromatic carbocycles. The first-order valence-electron chi connectivity index (χ1n) is 8.60. The van der Waals surface area contributed by atoms with Crippen molar-refractivity contribution in [2.45, 2.75) is 18.9 Å². The first kappa shape index (κ1) is 17.5. The molecule has 0 N–H and O–H groups in total. The number of aromatic nitrogens is 2. The summed E-state index contributed by atoms with van der Waals surface area (Å²) in [6.07, 6.45) is 1.65. The van der Waals surface area contributed by atoms with Crippen molar-refractivity contribution in [2.75, 3.05) is 20.8 Å². The van der Waals surface area contributed by atoms with Crippen molar-refractivity contribution in [1.82, 2.24) is 15.1 Å². The van der Waals surface area contributed by atoms with Gasteiger partial charge >= 0.3 is 0 Å². The summed E-state index contributed by atoms with van der Waals surface area (Å²) in [4.78, 5) is 15.0. The van der Waals surface area contributed by atoms with E-state index >= 15 is 0 Å². The van der Waals surface area contributed by atoms with Crippen LogP contribution in [0.15, 0.2) is 39.4 Å². The third-order valence-corrected chi connectivity index (χ3v) is 5.33. The second kappa shape index (κ2) is 7.40. The molecule has 2 aromatic heterocycles. The Hall–Kier alpha value is -2.87. The van der Waals surface area contributed by atoms with Crippen molar-refractivity contribution in [2.24, 2.45) is 0 Å². The lowest BCUT2D eigenvalue weighted by atomic mass is 10.1. The van der Waals surface area contributed by atoms with E-state index in [1.54, 1.807) is 48.7 Å². The Kier molecular flexibility index (Phi) is 4.81. The largest absolute Gasteiger partial charge is 0.497 e. The normalized spacial score (nSPS) is 16.5. The van der Waals surface area contributed by atoms with Crippen LogP contribution >= 0.6 is 11.3 Å². The zero-order chi connectivity index (χ0) is 18.8. The van der Waals surface area contributed by atoms with Gasteiger partial charge in [0, 0.05) is 17.5 Å². The van der Waals surface area contributed by atoms with E-state index in [4.69, 9.17) is 13.9 Å². The van der Waals surface area contributed by atoms with Crippen molar-refractivity contribution in [3.63, 3.8) is 0 Å². The fraction of sp³-hybridized carbons (Fsp3) is 0.316. The van der Waals surface area contributed by atoms with Gasteiger partial charge in [0.25, 0.3) is 5.91 Å². The molecule has 0 unspecified atom stereocenters. The number of hydrogen-bond donors (Lipinski definition) is 0. The van der Waals surface area contributed by atoms with Gasteiger partial charge in [0.15, 0.2) is 0 Å². The van der Waals surface area contributed by atoms with Crippen LogP contribution in [0.4, 0.5) is 0 Å². The van der Waals surface area contributed by atoms with Crippen LogP contribution in [0, 0.1) is 0 Å². The van der Waals surface area contributed by atoms with Crippen molar-refractivity contribution in [3.05, 3.63) is 46.5 Å². The standard InChI is InChI=1S/C19H19N3O4S/c1-24-13-5-6-16(25-2)14(10-13)19(23)22-8-3-4-15(22)18-21-20-17(26-18)12-7-9-27-11-12/h5-7,9-11,15H,3-4,8H2,1-2H3/t15-/m0/s1. The molecule has 140 valence electrons. The number of likely N-dealkylation sites (tertiary alicyclic amines) is 1. The monoisotopic (exact) mass is 385 g/mol. The van der Waals surface area contributed by atoms with E-state index in [-0.39, 0.29) is 11.9 Å². The minimum absolute atomic E-state index is 0.136. The number of carbonyl (C=O) groups is 1. The first-order valence-corrected chi connectivity index (χ1v) is 9.54. The zero-order valence-electron chi connectivity index (χ0n) is 15.0. The number of benzene rings is 1. The second-order valence-electron chi connectivity index (χ2n) is 6.18. The molecule has 1 aliphatic heterocycles. The number of ether oxygens (including phenoxy) is 2. The lowest BCUT2D eigenvalue weighted by Gasteiger charge is -2.23. The molecule has 0 bridgehead atoms. The maximum atomic E-state index is 13.2. The number of methoxy groups -OCH3 is 2. The second-order valence-corrected chi connectivity index (χ2v) is 6.96. The molecule has 7 nitrogen and oxygen atoms in total. The van der Waals surface area contributed by atoms with Gasteiger partial charge in [0.2, 0.25) is 11.8 Å². The van der Waals surface area contributed by atoms with Crippen LogP contribution in [0.1, 0.15) is 35.1 Å². The topological polar surface area (TPSA) is 77.7 Å². The number of nitrogens with zero attached hydrogens (tertiary/aromatic N) is 3. The average Bonchev–Trinajstić information content (AvgIpc) is 3.46. The van der Waals surface area contributed by atoms with E-state index in [2.05, 4.69) is 10.2 Å². The average molecular weight is 385 g/mol. The highest BCUT2D eigenvalue weighted by Gasteiger charge is 2.35. The predicted molar refractivity (Wildman–Crippen MR) is 100 cm³/mol. The summed E-state index contributed by atoms with van der Waals surface area (Å²) in [6.45, 7) is 0.625. The summed E-state index contributed by atoms with van der Waals surface area (Å²) in [7, 11) is 3.12. The van der Waals surface area contributed by atoms with Crippen LogP contribution in [-0.2, 0) is 0 Å². The highest BCUT2D eigenvalue weighted by atomic mass is 32.1. The van der Waals surface area contributed by atoms with Gasteiger partial charge in [-0.05, 0) is 42.5 Å². The van der Waals surface area contributed by atoms with Crippen LogP contribution in [0.2, 0.25) is 0 Å². The molecule has 1 amide bonds. The van der Waals surface area contributed by atoms with Gasteiger partial charge in [0.1, 0.15) is 17.5 Å². The third kappa shape index (κ3) is 3.28. The van der Waals surface area contributed by atoms with E-state index < -0.39 is 0 Å². The quantitative estimate of drug-likeness (QED) is 0.665. The molecular weight excluding hydrogens is 366 g/mol. The third-order valence-electron chi connectivity index (χ3n) is 4.64. The van der Waals surface area contributed by atoms with Crippen LogP contribution in [-0.4, -0.2) is 41.8 Å². The fourth-order valence-corrected chi connectivity index (χ4v) is 3.90. The SMILES string of the molecule is COc1ccc(OC)c(C(=O)N2CCC[C@H]2c2nnc(-c3ccsc3)o2)c1. The molecule has 1 saturated heterocycles. The van der Waals surface area contributed by atoms with E-state index in [1.165, 1.54) is 0 Å². The van der Waals surface area contributed by atoms with E-state index in [1.807, 2.05) is 16.8 Å². The van der Waals surface area contributed by atoms with Crippen LogP contribution in [0.3, 0.4) is 0 Å². The predicted octanol–water partition coefficient (Wildman–Crippen LogP) is 3.79. The van der Waals surface area contributed by atoms with Crippen molar-refractivity contribution in [3.8, 4) is 23.0 Å². The molecule has 1 atom stereocenters. The first-order chi connectivity index (χ1) is 13.2. The van der Waals surface area contributed by atoms with Gasteiger partial charge in [-0.2, -0.15) is 11.3 Å². The molecular formula is C19H19N3O4S. The Bertz CT molecular complexity index is 938. The Balaban J connectivity index is 1.63. The van der Waals surface area contributed by atoms with Crippen LogP contribution < -0.4 is 9.47 Å². The Morgan fingerprint density at radius 3 is 2.89 bits per heavy atom. The molecule has 1 aliphatic rings. The van der Waals surface area contributed by atoms with Gasteiger partial charge in [-0.1, -0.05) is 0 Å². The lowest BCUT2D eigenvalue weighted by molar-refractivity contribution is 0.0712. The summed E-state index contributed by atoms with van der Waals surface area (Å²) in [5.41, 5.74) is 1.35. The summed E-state index contributed by atoms with van der Waals surface area (Å²) in [6, 6.07) is 6.89.